The lowest BCUT2D eigenvalue weighted by Gasteiger charge is -2.28. The van der Waals surface area contributed by atoms with Crippen molar-refractivity contribution in [1.29, 1.82) is 0 Å². The molecule has 0 amide bonds. The molecule has 4 nitrogen and oxygen atoms in total. The van der Waals surface area contributed by atoms with E-state index in [1.165, 1.54) is 0 Å². The van der Waals surface area contributed by atoms with Crippen molar-refractivity contribution in [2.75, 3.05) is 0 Å². The molecule has 1 heterocycles. The number of aliphatic carboxylic acids is 1. The van der Waals surface area contributed by atoms with Gasteiger partial charge >= 0.3 is 5.97 Å². The Balaban J connectivity index is 2.67. The number of nitrogens with one attached hydrogen (secondary N) is 1. The number of aromatic nitrogens is 1. The second-order valence-electron chi connectivity index (χ2n) is 3.77. The van der Waals surface area contributed by atoms with Crippen LogP contribution < -0.4 is 5.32 Å². The molecule has 0 aliphatic rings. The third kappa shape index (κ3) is 2.79. The predicted octanol–water partition coefficient (Wildman–Crippen LogP) is 1.81. The average molecular weight is 222 g/mol. The Labute approximate surface area is 95.7 Å². The standard InChI is InChI=1S/C12H18N2O2/c1-3-12(4-2,11(15)16)14-9-10-7-5-6-8-13-10/h5-8,14H,3-4,9H2,1-2H3,(H,15,16). The fraction of sp³-hybridized carbons (Fsp3) is 0.500. The molecule has 4 heteroatoms. The molecule has 0 aromatic carbocycles. The molecule has 0 radical (unpaired) electrons. The first-order chi connectivity index (χ1) is 7.64. The molecule has 1 aromatic heterocycles. The Morgan fingerprint density at radius 2 is 2.12 bits per heavy atom. The first-order valence-electron chi connectivity index (χ1n) is 5.53. The van der Waals surface area contributed by atoms with E-state index < -0.39 is 11.5 Å². The van der Waals surface area contributed by atoms with Gasteiger partial charge in [0.05, 0.1) is 5.69 Å². The highest BCUT2D eigenvalue weighted by Gasteiger charge is 2.33. The van der Waals surface area contributed by atoms with Gasteiger partial charge in [-0.05, 0) is 25.0 Å². The molecule has 16 heavy (non-hydrogen) atoms. The normalized spacial score (nSPS) is 11.4. The SMILES string of the molecule is CCC(CC)(NCc1ccccn1)C(=O)O. The van der Waals surface area contributed by atoms with Crippen LogP contribution in [-0.4, -0.2) is 21.6 Å². The van der Waals surface area contributed by atoms with E-state index in [0.717, 1.165) is 5.69 Å². The quantitative estimate of drug-likeness (QED) is 0.770. The highest BCUT2D eigenvalue weighted by molar-refractivity contribution is 5.78. The van der Waals surface area contributed by atoms with Crippen molar-refractivity contribution in [3.63, 3.8) is 0 Å². The highest BCUT2D eigenvalue weighted by Crippen LogP contribution is 2.16. The van der Waals surface area contributed by atoms with E-state index in [0.29, 0.717) is 19.4 Å². The number of nitrogens with zero attached hydrogens (tertiary/aromatic N) is 1. The Bertz CT molecular complexity index is 334. The van der Waals surface area contributed by atoms with Crippen LogP contribution in [-0.2, 0) is 11.3 Å². The largest absolute Gasteiger partial charge is 0.480 e. The van der Waals surface area contributed by atoms with Crippen molar-refractivity contribution in [2.45, 2.75) is 38.8 Å². The van der Waals surface area contributed by atoms with Crippen LogP contribution in [0, 0.1) is 0 Å². The summed E-state index contributed by atoms with van der Waals surface area (Å²) in [6.45, 7) is 4.24. The van der Waals surface area contributed by atoms with E-state index in [1.54, 1.807) is 6.20 Å². The lowest BCUT2D eigenvalue weighted by molar-refractivity contribution is -0.145. The van der Waals surface area contributed by atoms with E-state index in [2.05, 4.69) is 10.3 Å². The Hall–Kier alpha value is -1.42. The van der Waals surface area contributed by atoms with Crippen LogP contribution >= 0.6 is 0 Å². The van der Waals surface area contributed by atoms with Crippen molar-refractivity contribution in [3.8, 4) is 0 Å². The van der Waals surface area contributed by atoms with Crippen molar-refractivity contribution in [3.05, 3.63) is 30.1 Å². The van der Waals surface area contributed by atoms with E-state index in [1.807, 2.05) is 32.0 Å². The molecule has 0 aliphatic carbocycles. The molecular formula is C12H18N2O2. The fourth-order valence-electron chi connectivity index (χ4n) is 1.64. The lowest BCUT2D eigenvalue weighted by atomic mass is 9.93. The molecule has 1 rings (SSSR count). The number of hydrogen-bond acceptors (Lipinski definition) is 3. The molecule has 88 valence electrons. The summed E-state index contributed by atoms with van der Waals surface area (Å²) in [5.41, 5.74) is 0.0207. The van der Waals surface area contributed by atoms with Crippen LogP contribution in [0.25, 0.3) is 0 Å². The number of carboxylic acid groups (broad SMARTS) is 1. The summed E-state index contributed by atoms with van der Waals surface area (Å²) >= 11 is 0. The first-order valence-corrected chi connectivity index (χ1v) is 5.53. The molecule has 0 fully saturated rings. The molecule has 0 unspecified atom stereocenters. The van der Waals surface area contributed by atoms with E-state index in [4.69, 9.17) is 0 Å². The van der Waals surface area contributed by atoms with Crippen molar-refractivity contribution >= 4 is 5.97 Å². The summed E-state index contributed by atoms with van der Waals surface area (Å²) in [4.78, 5) is 15.4. The monoisotopic (exact) mass is 222 g/mol. The smallest absolute Gasteiger partial charge is 0.323 e. The Kier molecular flexibility index (Phi) is 4.43. The Morgan fingerprint density at radius 3 is 2.56 bits per heavy atom. The fourth-order valence-corrected chi connectivity index (χ4v) is 1.64. The minimum absolute atomic E-state index is 0.481. The van der Waals surface area contributed by atoms with Crippen LogP contribution in [0.1, 0.15) is 32.4 Å². The van der Waals surface area contributed by atoms with Crippen LogP contribution in [0.2, 0.25) is 0 Å². The van der Waals surface area contributed by atoms with Gasteiger partial charge in [0.2, 0.25) is 0 Å². The summed E-state index contributed by atoms with van der Waals surface area (Å²) in [6.07, 6.45) is 2.83. The molecule has 0 spiro atoms. The van der Waals surface area contributed by atoms with Crippen molar-refractivity contribution in [2.24, 2.45) is 0 Å². The van der Waals surface area contributed by atoms with E-state index in [9.17, 15) is 9.90 Å². The molecule has 0 atom stereocenters. The van der Waals surface area contributed by atoms with Gasteiger partial charge in [0, 0.05) is 12.7 Å². The van der Waals surface area contributed by atoms with Crippen LogP contribution in [0.5, 0.6) is 0 Å². The van der Waals surface area contributed by atoms with Gasteiger partial charge in [-0.15, -0.1) is 0 Å². The predicted molar refractivity (Wildman–Crippen MR) is 62.0 cm³/mol. The maximum absolute atomic E-state index is 11.2. The summed E-state index contributed by atoms with van der Waals surface area (Å²) < 4.78 is 0. The lowest BCUT2D eigenvalue weighted by Crippen LogP contribution is -2.50. The van der Waals surface area contributed by atoms with E-state index in [-0.39, 0.29) is 0 Å². The Morgan fingerprint density at radius 1 is 1.44 bits per heavy atom. The molecular weight excluding hydrogens is 204 g/mol. The van der Waals surface area contributed by atoms with Gasteiger partial charge in [-0.3, -0.25) is 15.1 Å². The van der Waals surface area contributed by atoms with Gasteiger partial charge < -0.3 is 5.11 Å². The summed E-state index contributed by atoms with van der Waals surface area (Å²) in [7, 11) is 0. The minimum Gasteiger partial charge on any atom is -0.480 e. The number of hydrogen-bond donors (Lipinski definition) is 2. The topological polar surface area (TPSA) is 62.2 Å². The van der Waals surface area contributed by atoms with Crippen LogP contribution in [0.4, 0.5) is 0 Å². The van der Waals surface area contributed by atoms with Gasteiger partial charge in [-0.25, -0.2) is 0 Å². The molecule has 0 bridgehead atoms. The molecule has 0 saturated carbocycles. The summed E-state index contributed by atoms with van der Waals surface area (Å²) in [6, 6.07) is 5.61. The van der Waals surface area contributed by atoms with Gasteiger partial charge in [-0.1, -0.05) is 19.9 Å². The molecule has 1 aromatic rings. The third-order valence-electron chi connectivity index (χ3n) is 2.95. The summed E-state index contributed by atoms with van der Waals surface area (Å²) in [5.74, 6) is -0.798. The average Bonchev–Trinajstić information content (AvgIpc) is 2.32. The zero-order valence-electron chi connectivity index (χ0n) is 9.73. The van der Waals surface area contributed by atoms with Crippen molar-refractivity contribution < 1.29 is 9.90 Å². The summed E-state index contributed by atoms with van der Waals surface area (Å²) in [5, 5.41) is 12.3. The van der Waals surface area contributed by atoms with Gasteiger partial charge in [0.25, 0.3) is 0 Å². The van der Waals surface area contributed by atoms with E-state index >= 15 is 0 Å². The second-order valence-corrected chi connectivity index (χ2v) is 3.77. The second kappa shape index (κ2) is 5.61. The number of pyridine rings is 1. The third-order valence-corrected chi connectivity index (χ3v) is 2.95. The maximum Gasteiger partial charge on any atom is 0.323 e. The molecule has 2 N–H and O–H groups in total. The number of carbonyl (C=O) groups is 1. The minimum atomic E-state index is -0.836. The molecule has 0 aliphatic heterocycles. The van der Waals surface area contributed by atoms with Crippen LogP contribution in [0.15, 0.2) is 24.4 Å². The van der Waals surface area contributed by atoms with Gasteiger partial charge in [0.15, 0.2) is 0 Å². The first kappa shape index (κ1) is 12.6. The molecule has 0 saturated heterocycles. The number of rotatable bonds is 6. The number of carboxylic acids is 1. The maximum atomic E-state index is 11.2. The van der Waals surface area contributed by atoms with Crippen LogP contribution in [0.3, 0.4) is 0 Å². The van der Waals surface area contributed by atoms with Gasteiger partial charge in [-0.2, -0.15) is 0 Å². The zero-order valence-corrected chi connectivity index (χ0v) is 9.73. The van der Waals surface area contributed by atoms with Gasteiger partial charge in [0.1, 0.15) is 5.54 Å². The van der Waals surface area contributed by atoms with Crippen molar-refractivity contribution in [1.82, 2.24) is 10.3 Å². The zero-order chi connectivity index (χ0) is 12.0. The highest BCUT2D eigenvalue weighted by atomic mass is 16.4.